The summed E-state index contributed by atoms with van der Waals surface area (Å²) < 4.78 is 33.9. The summed E-state index contributed by atoms with van der Waals surface area (Å²) in [6.07, 6.45) is -0.188. The number of hydrogen-bond acceptors (Lipinski definition) is 3. The second-order valence-electron chi connectivity index (χ2n) is 8.15. The SMILES string of the molecule is CN1C(=O)c2ccc(-c3ccc(F)cc3F)cc2O[C@H]2CN(Cc3ccccc3)C[C@H]21. The van der Waals surface area contributed by atoms with E-state index in [4.69, 9.17) is 4.74 Å². The Morgan fingerprint density at radius 2 is 1.74 bits per heavy atom. The summed E-state index contributed by atoms with van der Waals surface area (Å²) in [6.45, 7) is 2.19. The maximum absolute atomic E-state index is 14.3. The third-order valence-electron chi connectivity index (χ3n) is 6.11. The van der Waals surface area contributed by atoms with Gasteiger partial charge < -0.3 is 9.64 Å². The summed E-state index contributed by atoms with van der Waals surface area (Å²) in [5.74, 6) is -0.955. The molecule has 0 saturated carbocycles. The molecule has 6 heteroatoms. The van der Waals surface area contributed by atoms with Crippen LogP contribution in [0, 0.1) is 11.6 Å². The van der Waals surface area contributed by atoms with Crippen molar-refractivity contribution in [1.82, 2.24) is 9.80 Å². The van der Waals surface area contributed by atoms with Gasteiger partial charge in [0.05, 0.1) is 11.6 Å². The van der Waals surface area contributed by atoms with E-state index in [0.29, 0.717) is 23.4 Å². The Morgan fingerprint density at radius 3 is 2.52 bits per heavy atom. The Morgan fingerprint density at radius 1 is 0.968 bits per heavy atom. The van der Waals surface area contributed by atoms with Crippen LogP contribution in [0.1, 0.15) is 15.9 Å². The van der Waals surface area contributed by atoms with Crippen LogP contribution in [0.15, 0.2) is 66.7 Å². The maximum Gasteiger partial charge on any atom is 0.257 e. The van der Waals surface area contributed by atoms with Crippen LogP contribution in [0.2, 0.25) is 0 Å². The number of likely N-dealkylation sites (N-methyl/N-ethyl adjacent to an activating group) is 1. The molecule has 0 N–H and O–H groups in total. The molecule has 5 rings (SSSR count). The second kappa shape index (κ2) is 7.78. The smallest absolute Gasteiger partial charge is 0.257 e. The molecule has 0 radical (unpaired) electrons. The van der Waals surface area contributed by atoms with Gasteiger partial charge in [0, 0.05) is 38.3 Å². The van der Waals surface area contributed by atoms with Crippen LogP contribution in [0.4, 0.5) is 8.78 Å². The highest BCUT2D eigenvalue weighted by atomic mass is 19.1. The number of carbonyl (C=O) groups is 1. The molecule has 31 heavy (non-hydrogen) atoms. The van der Waals surface area contributed by atoms with E-state index in [1.165, 1.54) is 17.7 Å². The van der Waals surface area contributed by atoms with Gasteiger partial charge in [-0.1, -0.05) is 36.4 Å². The standard InChI is InChI=1S/C25H22F2N2O2/c1-28-22-14-29(13-16-5-3-2-4-6-16)15-24(22)31-23-11-17(7-9-20(23)25(28)30)19-10-8-18(26)12-21(19)27/h2-12,22,24H,13-15H2,1H3/t22-,24+/m1/s1. The molecule has 2 heterocycles. The number of amides is 1. The number of rotatable bonds is 3. The lowest BCUT2D eigenvalue weighted by Gasteiger charge is -2.25. The Bertz CT molecular complexity index is 1140. The highest BCUT2D eigenvalue weighted by Gasteiger charge is 2.42. The first-order chi connectivity index (χ1) is 15.0. The third-order valence-corrected chi connectivity index (χ3v) is 6.11. The van der Waals surface area contributed by atoms with Crippen molar-refractivity contribution >= 4 is 5.91 Å². The topological polar surface area (TPSA) is 32.8 Å². The fourth-order valence-electron chi connectivity index (χ4n) is 4.48. The number of likely N-dealkylation sites (tertiary alicyclic amines) is 1. The van der Waals surface area contributed by atoms with Gasteiger partial charge in [-0.15, -0.1) is 0 Å². The summed E-state index contributed by atoms with van der Waals surface area (Å²) in [4.78, 5) is 17.1. The van der Waals surface area contributed by atoms with E-state index in [9.17, 15) is 13.6 Å². The number of hydrogen-bond donors (Lipinski definition) is 0. The molecule has 0 aliphatic carbocycles. The van der Waals surface area contributed by atoms with Crippen molar-refractivity contribution in [2.75, 3.05) is 20.1 Å². The van der Waals surface area contributed by atoms with Crippen LogP contribution in [0.5, 0.6) is 5.75 Å². The summed E-state index contributed by atoms with van der Waals surface area (Å²) >= 11 is 0. The number of halogens is 2. The molecule has 0 bridgehead atoms. The molecule has 0 aromatic heterocycles. The number of fused-ring (bicyclic) bond motifs is 2. The van der Waals surface area contributed by atoms with Gasteiger partial charge in [-0.2, -0.15) is 0 Å². The molecule has 0 unspecified atom stereocenters. The van der Waals surface area contributed by atoms with Crippen LogP contribution in [-0.2, 0) is 6.54 Å². The molecule has 1 amide bonds. The summed E-state index contributed by atoms with van der Waals surface area (Å²) in [6, 6.07) is 18.6. The van der Waals surface area contributed by atoms with E-state index in [1.807, 2.05) is 18.2 Å². The van der Waals surface area contributed by atoms with Crippen molar-refractivity contribution in [2.45, 2.75) is 18.7 Å². The predicted octanol–water partition coefficient (Wildman–Crippen LogP) is 4.35. The summed E-state index contributed by atoms with van der Waals surface area (Å²) in [5, 5.41) is 0. The Kier molecular flexibility index (Phi) is 4.94. The predicted molar refractivity (Wildman–Crippen MR) is 114 cm³/mol. The first-order valence-corrected chi connectivity index (χ1v) is 10.3. The molecule has 3 aromatic carbocycles. The zero-order chi connectivity index (χ0) is 21.5. The van der Waals surface area contributed by atoms with Crippen LogP contribution in [-0.4, -0.2) is 48.0 Å². The average Bonchev–Trinajstić information content (AvgIpc) is 3.11. The number of benzene rings is 3. The number of nitrogens with zero attached hydrogens (tertiary/aromatic N) is 2. The molecular formula is C25H22F2N2O2. The minimum atomic E-state index is -0.648. The highest BCUT2D eigenvalue weighted by molar-refractivity contribution is 5.98. The van der Waals surface area contributed by atoms with Gasteiger partial charge in [-0.3, -0.25) is 9.69 Å². The van der Waals surface area contributed by atoms with Crippen molar-refractivity contribution in [3.05, 3.63) is 89.5 Å². The van der Waals surface area contributed by atoms with Gasteiger partial charge in [0.15, 0.2) is 0 Å². The minimum absolute atomic E-state index is 0.0744. The molecule has 158 valence electrons. The molecule has 4 nitrogen and oxygen atoms in total. The van der Waals surface area contributed by atoms with Gasteiger partial charge in [0.1, 0.15) is 23.5 Å². The van der Waals surface area contributed by atoms with E-state index in [0.717, 1.165) is 19.2 Å². The first kappa shape index (κ1) is 19.7. The molecule has 1 saturated heterocycles. The molecule has 1 fully saturated rings. The van der Waals surface area contributed by atoms with Crippen LogP contribution < -0.4 is 4.74 Å². The van der Waals surface area contributed by atoms with Crippen molar-refractivity contribution < 1.29 is 18.3 Å². The van der Waals surface area contributed by atoms with Gasteiger partial charge in [-0.25, -0.2) is 8.78 Å². The van der Waals surface area contributed by atoms with Crippen LogP contribution in [0.3, 0.4) is 0 Å². The normalized spacial score (nSPS) is 20.7. The fourth-order valence-corrected chi connectivity index (χ4v) is 4.48. The van der Waals surface area contributed by atoms with E-state index in [1.54, 1.807) is 30.1 Å². The summed E-state index contributed by atoms with van der Waals surface area (Å²) in [7, 11) is 1.80. The molecule has 2 aliphatic rings. The molecule has 2 atom stereocenters. The number of carbonyl (C=O) groups excluding carboxylic acids is 1. The lowest BCUT2D eigenvalue weighted by Crippen LogP contribution is -2.44. The van der Waals surface area contributed by atoms with E-state index < -0.39 is 11.6 Å². The number of ether oxygens (including phenoxy) is 1. The van der Waals surface area contributed by atoms with Crippen molar-refractivity contribution in [1.29, 1.82) is 0 Å². The Balaban J connectivity index is 1.44. The van der Waals surface area contributed by atoms with Crippen LogP contribution >= 0.6 is 0 Å². The average molecular weight is 420 g/mol. The Hall–Kier alpha value is -3.25. The lowest BCUT2D eigenvalue weighted by atomic mass is 10.0. The molecule has 2 aliphatic heterocycles. The Labute approximate surface area is 179 Å². The highest BCUT2D eigenvalue weighted by Crippen LogP contribution is 2.35. The quantitative estimate of drug-likeness (QED) is 0.632. The van der Waals surface area contributed by atoms with Gasteiger partial charge in [0.25, 0.3) is 5.91 Å². The third kappa shape index (κ3) is 3.68. The van der Waals surface area contributed by atoms with Crippen molar-refractivity contribution in [2.24, 2.45) is 0 Å². The zero-order valence-electron chi connectivity index (χ0n) is 17.1. The second-order valence-corrected chi connectivity index (χ2v) is 8.15. The van der Waals surface area contributed by atoms with Crippen LogP contribution in [0.25, 0.3) is 11.1 Å². The minimum Gasteiger partial charge on any atom is -0.486 e. The summed E-state index contributed by atoms with van der Waals surface area (Å²) in [5.41, 5.74) is 2.48. The largest absolute Gasteiger partial charge is 0.486 e. The molecule has 0 spiro atoms. The van der Waals surface area contributed by atoms with Gasteiger partial charge >= 0.3 is 0 Å². The van der Waals surface area contributed by atoms with E-state index in [2.05, 4.69) is 17.0 Å². The van der Waals surface area contributed by atoms with Gasteiger partial charge in [-0.05, 0) is 35.4 Å². The van der Waals surface area contributed by atoms with Gasteiger partial charge in [0.2, 0.25) is 0 Å². The maximum atomic E-state index is 14.3. The first-order valence-electron chi connectivity index (χ1n) is 10.3. The monoisotopic (exact) mass is 420 g/mol. The van der Waals surface area contributed by atoms with E-state index in [-0.39, 0.29) is 23.6 Å². The lowest BCUT2D eigenvalue weighted by molar-refractivity contribution is 0.0682. The van der Waals surface area contributed by atoms with E-state index >= 15 is 0 Å². The van der Waals surface area contributed by atoms with Crippen molar-refractivity contribution in [3.8, 4) is 16.9 Å². The zero-order valence-corrected chi connectivity index (χ0v) is 17.1. The van der Waals surface area contributed by atoms with Crippen molar-refractivity contribution in [3.63, 3.8) is 0 Å². The fraction of sp³-hybridized carbons (Fsp3) is 0.240. The molecule has 3 aromatic rings. The molecular weight excluding hydrogens is 398 g/mol.